The molecule has 4 heteroatoms. The maximum Gasteiger partial charge on any atom is 0.0629 e. The lowest BCUT2D eigenvalue weighted by molar-refractivity contribution is 0.593. The maximum atomic E-state index is 4.54. The summed E-state index contributed by atoms with van der Waals surface area (Å²) in [6, 6.07) is 9.08. The number of nitrogens with zero attached hydrogens (tertiary/aromatic N) is 2. The Morgan fingerprint density at radius 1 is 1.29 bits per heavy atom. The van der Waals surface area contributed by atoms with Crippen LogP contribution in [0.3, 0.4) is 0 Å². The minimum atomic E-state index is 0.314. The molecule has 21 heavy (non-hydrogen) atoms. The first kappa shape index (κ1) is 14.3. The summed E-state index contributed by atoms with van der Waals surface area (Å²) in [6.45, 7) is 4.24. The molecule has 3 rings (SSSR count). The van der Waals surface area contributed by atoms with Crippen molar-refractivity contribution in [2.75, 3.05) is 7.05 Å². The molecule has 0 aliphatic rings. The summed E-state index contributed by atoms with van der Waals surface area (Å²) in [6.07, 6.45) is 0.971. The molecule has 0 aliphatic heterocycles. The monoisotopic (exact) mass is 299 g/mol. The molecular weight excluding hydrogens is 278 g/mol. The van der Waals surface area contributed by atoms with Crippen LogP contribution in [0.1, 0.15) is 28.6 Å². The number of thiophene rings is 1. The van der Waals surface area contributed by atoms with Crippen molar-refractivity contribution in [3.05, 3.63) is 52.2 Å². The smallest absolute Gasteiger partial charge is 0.0629 e. The third-order valence-corrected chi connectivity index (χ3v) is 5.28. The predicted molar refractivity (Wildman–Crippen MR) is 90.0 cm³/mol. The molecule has 1 atom stereocenters. The molecule has 1 N–H and O–H groups in total. The number of hydrogen-bond donors (Lipinski definition) is 1. The largest absolute Gasteiger partial charge is 0.313 e. The molecule has 0 radical (unpaired) electrons. The van der Waals surface area contributed by atoms with E-state index in [1.807, 2.05) is 30.1 Å². The van der Waals surface area contributed by atoms with Crippen molar-refractivity contribution in [1.82, 2.24) is 15.1 Å². The van der Waals surface area contributed by atoms with Crippen LogP contribution in [-0.2, 0) is 13.5 Å². The second-order valence-corrected chi connectivity index (χ2v) is 6.42. The normalized spacial score (nSPS) is 13.0. The van der Waals surface area contributed by atoms with Crippen molar-refractivity contribution in [3.63, 3.8) is 0 Å². The zero-order valence-electron chi connectivity index (χ0n) is 13.0. The number of aryl methyl sites for hydroxylation is 2. The van der Waals surface area contributed by atoms with E-state index in [-0.39, 0.29) is 0 Å². The van der Waals surface area contributed by atoms with E-state index in [1.54, 1.807) is 0 Å². The molecule has 1 unspecified atom stereocenters. The Morgan fingerprint density at radius 3 is 2.76 bits per heavy atom. The lowest BCUT2D eigenvalue weighted by Crippen LogP contribution is -2.19. The van der Waals surface area contributed by atoms with Gasteiger partial charge in [0.25, 0.3) is 0 Å². The topological polar surface area (TPSA) is 29.9 Å². The highest BCUT2D eigenvalue weighted by Crippen LogP contribution is 2.31. The van der Waals surface area contributed by atoms with Crippen LogP contribution >= 0.6 is 11.3 Å². The average molecular weight is 299 g/mol. The SMILES string of the molecule is CNC(Cc1c(C)nn(C)c1C)c1cccc2ccsc12. The van der Waals surface area contributed by atoms with Crippen molar-refractivity contribution in [1.29, 1.82) is 0 Å². The van der Waals surface area contributed by atoms with Crippen LogP contribution < -0.4 is 5.32 Å². The van der Waals surface area contributed by atoms with Gasteiger partial charge in [-0.25, -0.2) is 0 Å². The summed E-state index contributed by atoms with van der Waals surface area (Å²) in [5.74, 6) is 0. The van der Waals surface area contributed by atoms with Gasteiger partial charge in [-0.15, -0.1) is 11.3 Å². The molecule has 2 aromatic heterocycles. The first-order chi connectivity index (χ1) is 10.1. The fourth-order valence-corrected chi connectivity index (χ4v) is 3.94. The quantitative estimate of drug-likeness (QED) is 0.795. The minimum Gasteiger partial charge on any atom is -0.313 e. The van der Waals surface area contributed by atoms with Gasteiger partial charge in [-0.1, -0.05) is 18.2 Å². The van der Waals surface area contributed by atoms with E-state index in [0.717, 1.165) is 12.1 Å². The number of benzene rings is 1. The van der Waals surface area contributed by atoms with Gasteiger partial charge in [0.1, 0.15) is 0 Å². The van der Waals surface area contributed by atoms with Gasteiger partial charge in [0, 0.05) is 23.5 Å². The summed E-state index contributed by atoms with van der Waals surface area (Å²) in [4.78, 5) is 0. The molecule has 110 valence electrons. The average Bonchev–Trinajstić information content (AvgIpc) is 3.04. The van der Waals surface area contributed by atoms with E-state index >= 15 is 0 Å². The summed E-state index contributed by atoms with van der Waals surface area (Å²) in [5.41, 5.74) is 5.12. The third-order valence-electron chi connectivity index (χ3n) is 4.30. The summed E-state index contributed by atoms with van der Waals surface area (Å²) >= 11 is 1.82. The lowest BCUT2D eigenvalue weighted by atomic mass is 9.97. The number of nitrogens with one attached hydrogen (secondary N) is 1. The zero-order chi connectivity index (χ0) is 15.0. The molecule has 0 fully saturated rings. The van der Waals surface area contributed by atoms with Gasteiger partial charge < -0.3 is 5.32 Å². The molecular formula is C17H21N3S. The Morgan fingerprint density at radius 2 is 2.10 bits per heavy atom. The summed E-state index contributed by atoms with van der Waals surface area (Å²) < 4.78 is 3.36. The van der Waals surface area contributed by atoms with Gasteiger partial charge in [-0.05, 0) is 55.3 Å². The van der Waals surface area contributed by atoms with Gasteiger partial charge in [0.05, 0.1) is 5.69 Å². The fourth-order valence-electron chi connectivity index (χ4n) is 2.98. The van der Waals surface area contributed by atoms with Gasteiger partial charge in [0.15, 0.2) is 0 Å². The molecule has 0 bridgehead atoms. The third kappa shape index (κ3) is 2.49. The van der Waals surface area contributed by atoms with Gasteiger partial charge in [0.2, 0.25) is 0 Å². The van der Waals surface area contributed by atoms with E-state index in [9.17, 15) is 0 Å². The molecule has 0 amide bonds. The molecule has 0 saturated carbocycles. The van der Waals surface area contributed by atoms with E-state index < -0.39 is 0 Å². The molecule has 0 saturated heterocycles. The zero-order valence-corrected chi connectivity index (χ0v) is 13.8. The van der Waals surface area contributed by atoms with Gasteiger partial charge in [-0.2, -0.15) is 5.10 Å². The fraction of sp³-hybridized carbons (Fsp3) is 0.353. The van der Waals surface area contributed by atoms with Crippen molar-refractivity contribution < 1.29 is 0 Å². The van der Waals surface area contributed by atoms with Crippen LogP contribution in [0, 0.1) is 13.8 Å². The standard InChI is InChI=1S/C17H21N3S/c1-11-15(12(2)20(4)19-11)10-16(18-3)14-7-5-6-13-8-9-21-17(13)14/h5-9,16,18H,10H2,1-4H3. The van der Waals surface area contributed by atoms with Crippen molar-refractivity contribution in [2.45, 2.75) is 26.3 Å². The maximum absolute atomic E-state index is 4.54. The minimum absolute atomic E-state index is 0.314. The van der Waals surface area contributed by atoms with Crippen LogP contribution in [0.25, 0.3) is 10.1 Å². The van der Waals surface area contributed by atoms with Crippen molar-refractivity contribution in [3.8, 4) is 0 Å². The molecule has 0 spiro atoms. The molecule has 2 heterocycles. The Kier molecular flexibility index (Phi) is 3.83. The highest BCUT2D eigenvalue weighted by atomic mass is 32.1. The molecule has 1 aromatic carbocycles. The van der Waals surface area contributed by atoms with Crippen molar-refractivity contribution >= 4 is 21.4 Å². The number of likely N-dealkylation sites (N-methyl/N-ethyl adjacent to an activating group) is 1. The Labute approximate surface area is 129 Å². The second kappa shape index (κ2) is 5.62. The van der Waals surface area contributed by atoms with Crippen LogP contribution in [0.2, 0.25) is 0 Å². The highest BCUT2D eigenvalue weighted by Gasteiger charge is 2.18. The first-order valence-corrected chi connectivity index (χ1v) is 8.12. The van der Waals surface area contributed by atoms with E-state index in [2.05, 4.69) is 53.9 Å². The van der Waals surface area contributed by atoms with Crippen LogP contribution in [0.4, 0.5) is 0 Å². The first-order valence-electron chi connectivity index (χ1n) is 7.24. The van der Waals surface area contributed by atoms with Crippen LogP contribution in [0.5, 0.6) is 0 Å². The Hall–Kier alpha value is -1.65. The lowest BCUT2D eigenvalue weighted by Gasteiger charge is -2.18. The van der Waals surface area contributed by atoms with Gasteiger partial charge >= 0.3 is 0 Å². The number of aromatic nitrogens is 2. The predicted octanol–water partition coefficient (Wildman–Crippen LogP) is 3.75. The molecule has 3 nitrogen and oxygen atoms in total. The van der Waals surface area contributed by atoms with Gasteiger partial charge in [-0.3, -0.25) is 4.68 Å². The van der Waals surface area contributed by atoms with E-state index in [1.165, 1.54) is 26.9 Å². The van der Waals surface area contributed by atoms with Crippen molar-refractivity contribution in [2.24, 2.45) is 7.05 Å². The molecule has 0 aliphatic carbocycles. The van der Waals surface area contributed by atoms with Crippen LogP contribution in [-0.4, -0.2) is 16.8 Å². The second-order valence-electron chi connectivity index (χ2n) is 5.50. The summed E-state index contributed by atoms with van der Waals surface area (Å²) in [7, 11) is 4.05. The number of fused-ring (bicyclic) bond motifs is 1. The highest BCUT2D eigenvalue weighted by molar-refractivity contribution is 7.17. The summed E-state index contributed by atoms with van der Waals surface area (Å²) in [5, 5.41) is 11.5. The van der Waals surface area contributed by atoms with Crippen LogP contribution in [0.15, 0.2) is 29.6 Å². The molecule has 3 aromatic rings. The number of hydrogen-bond acceptors (Lipinski definition) is 3. The Bertz CT molecular complexity index is 770. The Balaban J connectivity index is 2.01. The number of rotatable bonds is 4. The van der Waals surface area contributed by atoms with E-state index in [0.29, 0.717) is 6.04 Å². The van der Waals surface area contributed by atoms with E-state index in [4.69, 9.17) is 0 Å².